The summed E-state index contributed by atoms with van der Waals surface area (Å²) in [5.41, 5.74) is 5.28. The second kappa shape index (κ2) is 4.73. The molecule has 0 spiro atoms. The van der Waals surface area contributed by atoms with Gasteiger partial charge < -0.3 is 20.5 Å². The summed E-state index contributed by atoms with van der Waals surface area (Å²) < 4.78 is 10.7. The fraction of sp³-hybridized carbons (Fsp3) is 0.273. The molecule has 0 aliphatic carbocycles. The topological polar surface area (TPSA) is 90.7 Å². The first-order chi connectivity index (χ1) is 8.18. The summed E-state index contributed by atoms with van der Waals surface area (Å²) >= 11 is 0. The lowest BCUT2D eigenvalue weighted by molar-refractivity contribution is -0.117. The molecule has 90 valence electrons. The summed E-state index contributed by atoms with van der Waals surface area (Å²) in [6.07, 6.45) is 0. The second-order valence-electron chi connectivity index (χ2n) is 3.48. The molecule has 0 aromatic heterocycles. The molecule has 1 aliphatic heterocycles. The maximum Gasteiger partial charge on any atom is 0.255 e. The maximum atomic E-state index is 11.8. The number of hydrogen-bond donors (Lipinski definition) is 2. The fourth-order valence-electron chi connectivity index (χ4n) is 1.52. The largest absolute Gasteiger partial charge is 0.486 e. The van der Waals surface area contributed by atoms with Crippen molar-refractivity contribution in [1.29, 1.82) is 0 Å². The lowest BCUT2D eigenvalue weighted by Crippen LogP contribution is -2.33. The van der Waals surface area contributed by atoms with E-state index >= 15 is 0 Å². The van der Waals surface area contributed by atoms with Crippen LogP contribution in [0.1, 0.15) is 10.4 Å². The third kappa shape index (κ3) is 2.47. The molecule has 6 nitrogen and oxygen atoms in total. The highest BCUT2D eigenvalue weighted by atomic mass is 16.6. The Bertz CT molecular complexity index is 459. The van der Waals surface area contributed by atoms with E-state index in [2.05, 4.69) is 5.32 Å². The molecule has 17 heavy (non-hydrogen) atoms. The van der Waals surface area contributed by atoms with Gasteiger partial charge in [-0.2, -0.15) is 0 Å². The molecule has 0 saturated carbocycles. The van der Waals surface area contributed by atoms with Crippen molar-refractivity contribution in [1.82, 2.24) is 5.32 Å². The van der Waals surface area contributed by atoms with E-state index in [1.807, 2.05) is 0 Å². The summed E-state index contributed by atoms with van der Waals surface area (Å²) in [4.78, 5) is 22.3. The summed E-state index contributed by atoms with van der Waals surface area (Å²) in [6, 6.07) is 5.01. The lowest BCUT2D eigenvalue weighted by atomic mass is 10.1. The van der Waals surface area contributed by atoms with Gasteiger partial charge in [-0.25, -0.2) is 0 Å². The van der Waals surface area contributed by atoms with Gasteiger partial charge in [0, 0.05) is 0 Å². The molecule has 0 fully saturated rings. The van der Waals surface area contributed by atoms with Gasteiger partial charge >= 0.3 is 0 Å². The van der Waals surface area contributed by atoms with E-state index in [4.69, 9.17) is 15.2 Å². The fourth-order valence-corrected chi connectivity index (χ4v) is 1.52. The van der Waals surface area contributed by atoms with E-state index in [0.717, 1.165) is 0 Å². The monoisotopic (exact) mass is 236 g/mol. The van der Waals surface area contributed by atoms with Gasteiger partial charge in [-0.1, -0.05) is 6.07 Å². The molecule has 1 aliphatic rings. The SMILES string of the molecule is NC(=O)CNC(=O)c1cccc2c1OCCO2. The van der Waals surface area contributed by atoms with Crippen molar-refractivity contribution < 1.29 is 19.1 Å². The molecule has 1 aromatic carbocycles. The van der Waals surface area contributed by atoms with Gasteiger partial charge in [0.2, 0.25) is 5.91 Å². The molecule has 0 atom stereocenters. The molecule has 1 heterocycles. The number of benzene rings is 1. The van der Waals surface area contributed by atoms with Crippen LogP contribution in [-0.2, 0) is 4.79 Å². The number of amides is 2. The van der Waals surface area contributed by atoms with E-state index in [-0.39, 0.29) is 6.54 Å². The van der Waals surface area contributed by atoms with E-state index in [1.54, 1.807) is 18.2 Å². The minimum atomic E-state index is -0.597. The second-order valence-corrected chi connectivity index (χ2v) is 3.48. The van der Waals surface area contributed by atoms with Gasteiger partial charge in [0.1, 0.15) is 13.2 Å². The minimum Gasteiger partial charge on any atom is -0.486 e. The van der Waals surface area contributed by atoms with E-state index < -0.39 is 11.8 Å². The number of rotatable bonds is 3. The maximum absolute atomic E-state index is 11.8. The average molecular weight is 236 g/mol. The number of ether oxygens (including phenoxy) is 2. The number of primary amides is 1. The molecular formula is C11H12N2O4. The number of carbonyl (C=O) groups excluding carboxylic acids is 2. The molecule has 0 bridgehead atoms. The summed E-state index contributed by atoms with van der Waals surface area (Å²) in [5, 5.41) is 2.40. The van der Waals surface area contributed by atoms with Crippen molar-refractivity contribution in [3.63, 3.8) is 0 Å². The predicted octanol–water partition coefficient (Wildman–Crippen LogP) is -0.327. The van der Waals surface area contributed by atoms with Crippen LogP contribution in [0, 0.1) is 0 Å². The van der Waals surface area contributed by atoms with Crippen LogP contribution in [0.3, 0.4) is 0 Å². The number of para-hydroxylation sites is 1. The number of hydrogen-bond acceptors (Lipinski definition) is 4. The highest BCUT2D eigenvalue weighted by molar-refractivity contribution is 5.99. The molecule has 3 N–H and O–H groups in total. The predicted molar refractivity (Wildman–Crippen MR) is 59.0 cm³/mol. The average Bonchev–Trinajstić information content (AvgIpc) is 2.35. The first kappa shape index (κ1) is 11.3. The van der Waals surface area contributed by atoms with Crippen LogP contribution in [0.15, 0.2) is 18.2 Å². The quantitative estimate of drug-likeness (QED) is 0.752. The van der Waals surface area contributed by atoms with Gasteiger partial charge in [-0.15, -0.1) is 0 Å². The zero-order chi connectivity index (χ0) is 12.3. The Labute approximate surface area is 97.7 Å². The Morgan fingerprint density at radius 3 is 2.82 bits per heavy atom. The smallest absolute Gasteiger partial charge is 0.255 e. The van der Waals surface area contributed by atoms with Crippen molar-refractivity contribution in [2.24, 2.45) is 5.73 Å². The van der Waals surface area contributed by atoms with Crippen molar-refractivity contribution in [3.8, 4) is 11.5 Å². The van der Waals surface area contributed by atoms with Crippen LogP contribution < -0.4 is 20.5 Å². The molecule has 6 heteroatoms. The van der Waals surface area contributed by atoms with Crippen LogP contribution in [0.2, 0.25) is 0 Å². The van der Waals surface area contributed by atoms with Crippen molar-refractivity contribution in [2.45, 2.75) is 0 Å². The van der Waals surface area contributed by atoms with Crippen LogP contribution in [0.25, 0.3) is 0 Å². The summed E-state index contributed by atoms with van der Waals surface area (Å²) in [5.74, 6) is -0.0739. The van der Waals surface area contributed by atoms with Crippen molar-refractivity contribution >= 4 is 11.8 Å². The number of nitrogens with one attached hydrogen (secondary N) is 1. The van der Waals surface area contributed by atoms with Crippen LogP contribution in [0.5, 0.6) is 11.5 Å². The molecule has 0 unspecified atom stereocenters. The standard InChI is InChI=1S/C11H12N2O4/c12-9(14)6-13-11(15)7-2-1-3-8-10(7)17-5-4-16-8/h1-3H,4-6H2,(H2,12,14)(H,13,15). The molecular weight excluding hydrogens is 224 g/mol. The summed E-state index contributed by atoms with van der Waals surface area (Å²) in [7, 11) is 0. The van der Waals surface area contributed by atoms with E-state index in [1.165, 1.54) is 0 Å². The zero-order valence-electron chi connectivity index (χ0n) is 9.06. The lowest BCUT2D eigenvalue weighted by Gasteiger charge is -2.20. The molecule has 1 aromatic rings. The Hall–Kier alpha value is -2.24. The minimum absolute atomic E-state index is 0.205. The first-order valence-electron chi connectivity index (χ1n) is 5.13. The Morgan fingerprint density at radius 2 is 2.06 bits per heavy atom. The van der Waals surface area contributed by atoms with E-state index in [0.29, 0.717) is 30.3 Å². The van der Waals surface area contributed by atoms with Crippen LogP contribution in [0.4, 0.5) is 0 Å². The van der Waals surface area contributed by atoms with Gasteiger partial charge in [-0.3, -0.25) is 9.59 Å². The van der Waals surface area contributed by atoms with Gasteiger partial charge in [0.05, 0.1) is 12.1 Å². The van der Waals surface area contributed by atoms with Gasteiger partial charge in [0.25, 0.3) is 5.91 Å². The number of carbonyl (C=O) groups is 2. The normalized spacial score (nSPS) is 12.9. The molecule has 2 rings (SSSR count). The highest BCUT2D eigenvalue weighted by Crippen LogP contribution is 2.33. The van der Waals surface area contributed by atoms with Gasteiger partial charge in [-0.05, 0) is 12.1 Å². The number of nitrogens with two attached hydrogens (primary N) is 1. The third-order valence-corrected chi connectivity index (χ3v) is 2.23. The zero-order valence-corrected chi connectivity index (χ0v) is 9.06. The third-order valence-electron chi connectivity index (χ3n) is 2.23. The molecule has 2 amide bonds. The molecule has 0 saturated heterocycles. The van der Waals surface area contributed by atoms with Gasteiger partial charge in [0.15, 0.2) is 11.5 Å². The highest BCUT2D eigenvalue weighted by Gasteiger charge is 2.20. The Kier molecular flexibility index (Phi) is 3.13. The van der Waals surface area contributed by atoms with E-state index in [9.17, 15) is 9.59 Å². The van der Waals surface area contributed by atoms with Crippen molar-refractivity contribution in [2.75, 3.05) is 19.8 Å². The van der Waals surface area contributed by atoms with Crippen molar-refractivity contribution in [3.05, 3.63) is 23.8 Å². The van der Waals surface area contributed by atoms with Crippen LogP contribution >= 0.6 is 0 Å². The molecule has 0 radical (unpaired) electrons. The Balaban J connectivity index is 2.20. The first-order valence-corrected chi connectivity index (χ1v) is 5.13. The number of fused-ring (bicyclic) bond motifs is 1. The van der Waals surface area contributed by atoms with Crippen LogP contribution in [-0.4, -0.2) is 31.6 Å². The summed E-state index contributed by atoms with van der Waals surface area (Å²) in [6.45, 7) is 0.649. The Morgan fingerprint density at radius 1 is 1.29 bits per heavy atom.